The maximum absolute atomic E-state index is 13.3. The molecular weight excluding hydrogens is 535 g/mol. The van der Waals surface area contributed by atoms with Gasteiger partial charge in [-0.25, -0.2) is 0 Å². The van der Waals surface area contributed by atoms with Gasteiger partial charge in [-0.05, 0) is 62.1 Å². The molecule has 1 amide bonds. The van der Waals surface area contributed by atoms with E-state index < -0.39 is 11.8 Å². The Hall–Kier alpha value is -2.80. The second kappa shape index (κ2) is 10.5. The van der Waals surface area contributed by atoms with Gasteiger partial charge >= 0.3 is 0 Å². The molecule has 1 N–H and O–H groups in total. The first-order valence-electron chi connectivity index (χ1n) is 12.2. The van der Waals surface area contributed by atoms with Crippen molar-refractivity contribution in [2.45, 2.75) is 44.4 Å². The zero-order chi connectivity index (χ0) is 26.3. The minimum atomic E-state index is -0.575. The molecule has 2 aromatic carbocycles. The lowest BCUT2D eigenvalue weighted by Crippen LogP contribution is -2.37. The molecule has 2 aliphatic carbocycles. The highest BCUT2D eigenvalue weighted by atomic mass is 35.5. The Morgan fingerprint density at radius 1 is 0.919 bits per heavy atom. The summed E-state index contributed by atoms with van der Waals surface area (Å²) in [4.78, 5) is 41.3. The molecule has 6 nitrogen and oxygen atoms in total. The van der Waals surface area contributed by atoms with E-state index in [0.29, 0.717) is 56.1 Å². The normalized spacial score (nSPS) is 18.1. The Labute approximate surface area is 230 Å². The van der Waals surface area contributed by atoms with Crippen LogP contribution in [0.15, 0.2) is 58.9 Å². The number of hydrogen-bond donors (Lipinski definition) is 1. The topological polar surface area (TPSA) is 75.7 Å². The van der Waals surface area contributed by atoms with Crippen molar-refractivity contribution >= 4 is 58.0 Å². The molecule has 0 atom stereocenters. The van der Waals surface area contributed by atoms with Crippen molar-refractivity contribution in [2.75, 3.05) is 19.0 Å². The van der Waals surface area contributed by atoms with Crippen LogP contribution in [-0.4, -0.2) is 36.0 Å². The summed E-state index contributed by atoms with van der Waals surface area (Å²) in [5, 5.41) is 3.90. The summed E-state index contributed by atoms with van der Waals surface area (Å²) in [7, 11) is 1.95. The van der Waals surface area contributed by atoms with Crippen LogP contribution in [0.25, 0.3) is 0 Å². The number of benzene rings is 2. The standard InChI is InChI=1S/C28H25Cl3N2O4/c1-33-20-4-2-6-22(34)27(20)26(28-21(33)5-3-7-23(28)35)17-12-15(29)8-11-24(17)37-14-25(36)32-16-9-10-18(30)19(31)13-16/h8-13,26H,2-7,14H2,1H3,(H,32,36). The molecule has 0 fully saturated rings. The molecule has 1 heterocycles. The summed E-state index contributed by atoms with van der Waals surface area (Å²) in [6.45, 7) is -0.290. The summed E-state index contributed by atoms with van der Waals surface area (Å²) < 4.78 is 5.98. The third-order valence-electron chi connectivity index (χ3n) is 7.09. The fourth-order valence-corrected chi connectivity index (χ4v) is 5.93. The van der Waals surface area contributed by atoms with E-state index in [1.807, 2.05) is 11.9 Å². The number of rotatable bonds is 5. The molecule has 0 bridgehead atoms. The van der Waals surface area contributed by atoms with Crippen LogP contribution in [0, 0.1) is 0 Å². The maximum atomic E-state index is 13.3. The van der Waals surface area contributed by atoms with E-state index in [-0.39, 0.29) is 18.2 Å². The smallest absolute Gasteiger partial charge is 0.262 e. The lowest BCUT2D eigenvalue weighted by atomic mass is 9.71. The van der Waals surface area contributed by atoms with Crippen LogP contribution in [0.4, 0.5) is 5.69 Å². The number of carbonyl (C=O) groups excluding carboxylic acids is 3. The van der Waals surface area contributed by atoms with Gasteiger partial charge in [0.25, 0.3) is 5.91 Å². The zero-order valence-corrected chi connectivity index (χ0v) is 22.5. The zero-order valence-electron chi connectivity index (χ0n) is 20.2. The molecule has 0 radical (unpaired) electrons. The van der Waals surface area contributed by atoms with E-state index in [1.54, 1.807) is 36.4 Å². The Morgan fingerprint density at radius 2 is 1.57 bits per heavy atom. The third-order valence-corrected chi connectivity index (χ3v) is 8.06. The van der Waals surface area contributed by atoms with Crippen LogP contribution in [-0.2, 0) is 14.4 Å². The summed E-state index contributed by atoms with van der Waals surface area (Å²) >= 11 is 18.4. The van der Waals surface area contributed by atoms with Crippen LogP contribution >= 0.6 is 34.8 Å². The number of amides is 1. The van der Waals surface area contributed by atoms with Crippen molar-refractivity contribution in [3.05, 3.63) is 79.6 Å². The highest BCUT2D eigenvalue weighted by Gasteiger charge is 2.43. The molecule has 5 rings (SSSR count). The molecule has 0 aromatic heterocycles. The SMILES string of the molecule is CN1C2=C(C(=O)CCC2)C(c2cc(Cl)ccc2OCC(=O)Nc2ccc(Cl)c(Cl)c2)C2=C1CCCC2=O. The predicted octanol–water partition coefficient (Wildman–Crippen LogP) is 6.71. The first-order chi connectivity index (χ1) is 17.7. The average molecular weight is 560 g/mol. The fourth-order valence-electron chi connectivity index (χ4n) is 5.45. The second-order valence-electron chi connectivity index (χ2n) is 9.41. The van der Waals surface area contributed by atoms with Crippen molar-refractivity contribution in [1.29, 1.82) is 0 Å². The van der Waals surface area contributed by atoms with Gasteiger partial charge in [-0.2, -0.15) is 0 Å². The number of anilines is 1. The molecule has 1 aliphatic heterocycles. The molecule has 0 unspecified atom stereocenters. The largest absolute Gasteiger partial charge is 0.483 e. The van der Waals surface area contributed by atoms with Gasteiger partial charge in [-0.15, -0.1) is 0 Å². The highest BCUT2D eigenvalue weighted by molar-refractivity contribution is 6.42. The van der Waals surface area contributed by atoms with Gasteiger partial charge in [0.2, 0.25) is 0 Å². The highest BCUT2D eigenvalue weighted by Crippen LogP contribution is 2.50. The van der Waals surface area contributed by atoms with E-state index in [0.717, 1.165) is 37.1 Å². The first kappa shape index (κ1) is 25.8. The van der Waals surface area contributed by atoms with Crippen molar-refractivity contribution in [2.24, 2.45) is 0 Å². The molecular formula is C28H25Cl3N2O4. The van der Waals surface area contributed by atoms with Crippen molar-refractivity contribution in [3.8, 4) is 5.75 Å². The number of halogens is 3. The lowest BCUT2D eigenvalue weighted by Gasteiger charge is -2.42. The van der Waals surface area contributed by atoms with Gasteiger partial charge in [0, 0.05) is 64.6 Å². The van der Waals surface area contributed by atoms with Crippen LogP contribution in [0.2, 0.25) is 15.1 Å². The molecule has 2 aromatic rings. The fraction of sp³-hybridized carbons (Fsp3) is 0.321. The summed E-state index contributed by atoms with van der Waals surface area (Å²) in [6, 6.07) is 9.88. The molecule has 192 valence electrons. The van der Waals surface area contributed by atoms with Crippen molar-refractivity contribution in [3.63, 3.8) is 0 Å². The first-order valence-corrected chi connectivity index (χ1v) is 13.3. The van der Waals surface area contributed by atoms with E-state index in [1.165, 1.54) is 0 Å². The Morgan fingerprint density at radius 3 is 2.19 bits per heavy atom. The van der Waals surface area contributed by atoms with Crippen molar-refractivity contribution < 1.29 is 19.1 Å². The predicted molar refractivity (Wildman–Crippen MR) is 144 cm³/mol. The van der Waals surface area contributed by atoms with Gasteiger partial charge in [-0.1, -0.05) is 34.8 Å². The number of nitrogens with zero attached hydrogens (tertiary/aromatic N) is 1. The molecule has 37 heavy (non-hydrogen) atoms. The summed E-state index contributed by atoms with van der Waals surface area (Å²) in [5.74, 6) is -0.505. The van der Waals surface area contributed by atoms with Crippen molar-refractivity contribution in [1.82, 2.24) is 4.90 Å². The molecule has 0 saturated carbocycles. The molecule has 9 heteroatoms. The van der Waals surface area contributed by atoms with Crippen LogP contribution in [0.3, 0.4) is 0 Å². The third kappa shape index (κ3) is 5.02. The van der Waals surface area contributed by atoms with Gasteiger partial charge < -0.3 is 15.0 Å². The lowest BCUT2D eigenvalue weighted by molar-refractivity contribution is -0.119. The summed E-state index contributed by atoms with van der Waals surface area (Å²) in [6.07, 6.45) is 3.95. The number of Topliss-reactive ketones (excluding diaryl/α,β-unsaturated/α-hetero) is 2. The van der Waals surface area contributed by atoms with Gasteiger partial charge in [0.15, 0.2) is 18.2 Å². The van der Waals surface area contributed by atoms with E-state index in [4.69, 9.17) is 39.5 Å². The minimum Gasteiger partial charge on any atom is -0.483 e. The Balaban J connectivity index is 1.50. The van der Waals surface area contributed by atoms with Gasteiger partial charge in [-0.3, -0.25) is 14.4 Å². The van der Waals surface area contributed by atoms with E-state index in [2.05, 4.69) is 5.32 Å². The van der Waals surface area contributed by atoms with Crippen LogP contribution in [0.5, 0.6) is 5.75 Å². The maximum Gasteiger partial charge on any atom is 0.262 e. The van der Waals surface area contributed by atoms with Gasteiger partial charge in [0.05, 0.1) is 10.0 Å². The number of hydrogen-bond acceptors (Lipinski definition) is 5. The van der Waals surface area contributed by atoms with Crippen LogP contribution < -0.4 is 10.1 Å². The van der Waals surface area contributed by atoms with E-state index in [9.17, 15) is 14.4 Å². The molecule has 3 aliphatic rings. The number of allylic oxidation sites excluding steroid dienone is 4. The number of nitrogens with one attached hydrogen (secondary N) is 1. The average Bonchev–Trinajstić information content (AvgIpc) is 2.87. The molecule has 0 saturated heterocycles. The van der Waals surface area contributed by atoms with Crippen LogP contribution in [0.1, 0.15) is 50.0 Å². The Bertz CT molecular complexity index is 1340. The Kier molecular flexibility index (Phi) is 7.35. The minimum absolute atomic E-state index is 0.0336. The summed E-state index contributed by atoms with van der Waals surface area (Å²) in [5.41, 5.74) is 4.29. The van der Waals surface area contributed by atoms with E-state index >= 15 is 0 Å². The number of carbonyl (C=O) groups is 3. The second-order valence-corrected chi connectivity index (χ2v) is 10.7. The monoisotopic (exact) mass is 558 g/mol. The number of ether oxygens (including phenoxy) is 1. The molecule has 0 spiro atoms. The quantitative estimate of drug-likeness (QED) is 0.441. The van der Waals surface area contributed by atoms with Gasteiger partial charge in [0.1, 0.15) is 5.75 Å². The number of ketones is 2.